The molecule has 0 saturated carbocycles. The van der Waals surface area contributed by atoms with Crippen molar-refractivity contribution in [1.29, 1.82) is 10.8 Å². The van der Waals surface area contributed by atoms with Gasteiger partial charge in [0.25, 0.3) is 0 Å². The summed E-state index contributed by atoms with van der Waals surface area (Å²) >= 11 is 0. The lowest BCUT2D eigenvalue weighted by Crippen LogP contribution is -2.20. The Hall–Kier alpha value is -1.17. The van der Waals surface area contributed by atoms with Crippen LogP contribution in [0, 0.1) is 10.8 Å². The molecule has 4 N–H and O–H groups in total. The van der Waals surface area contributed by atoms with Crippen molar-refractivity contribution >= 4 is 21.3 Å². The fourth-order valence-corrected chi connectivity index (χ4v) is 2.58. The Bertz CT molecular complexity index is 404. The lowest BCUT2D eigenvalue weighted by Gasteiger charge is -2.32. The summed E-state index contributed by atoms with van der Waals surface area (Å²) in [6.07, 6.45) is 2.11. The Morgan fingerprint density at radius 1 is 1.18 bits per heavy atom. The van der Waals surface area contributed by atoms with E-state index in [1.165, 1.54) is 0 Å². The van der Waals surface area contributed by atoms with E-state index < -0.39 is 10.6 Å². The van der Waals surface area contributed by atoms with Crippen LogP contribution >= 0.6 is 10.6 Å². The number of benzene rings is 1. The minimum absolute atomic E-state index is 0.00991. The normalized spacial score (nSPS) is 12.2. The number of nitrogens with one attached hydrogen (secondary N) is 2. The maximum atomic E-state index is 10.00. The summed E-state index contributed by atoms with van der Waals surface area (Å²) in [6.45, 7) is 1.99. The van der Waals surface area contributed by atoms with Gasteiger partial charge in [-0.15, -0.1) is 10.6 Å². The van der Waals surface area contributed by atoms with Gasteiger partial charge in [0.2, 0.25) is 0 Å². The van der Waals surface area contributed by atoms with E-state index in [1.54, 1.807) is 30.3 Å². The zero-order valence-electron chi connectivity index (χ0n) is 9.81. The molecule has 0 radical (unpaired) electrons. The molecule has 0 aliphatic heterocycles. The second-order valence-corrected chi connectivity index (χ2v) is 5.75. The van der Waals surface area contributed by atoms with Crippen molar-refractivity contribution in [3.05, 3.63) is 30.3 Å². The molecule has 0 amide bonds. The Kier molecular flexibility index (Phi) is 4.86. The second-order valence-electron chi connectivity index (χ2n) is 3.77. The van der Waals surface area contributed by atoms with Crippen molar-refractivity contribution in [3.8, 4) is 0 Å². The fraction of sp³-hybridized carbons (Fsp3) is 0.333. The molecular formula is C12H18N2O2S. The smallest absolute Gasteiger partial charge is 0.165 e. The monoisotopic (exact) mass is 254 g/mol. The van der Waals surface area contributed by atoms with E-state index in [-0.39, 0.29) is 10.8 Å². The molecule has 0 saturated heterocycles. The van der Waals surface area contributed by atoms with Crippen molar-refractivity contribution in [2.24, 2.45) is 0 Å². The molecule has 1 rings (SSSR count). The Morgan fingerprint density at radius 3 is 2.29 bits per heavy atom. The van der Waals surface area contributed by atoms with Gasteiger partial charge >= 0.3 is 0 Å². The van der Waals surface area contributed by atoms with Crippen molar-refractivity contribution in [2.75, 3.05) is 0 Å². The standard InChI is InChI=1S/C12H18N2O2S/c1-2-3-9-11(13)12(14)17(15,16)10-7-5-4-6-8-10/h4-8,13-16H,2-3,9H2,1H3. The molecule has 4 nitrogen and oxygen atoms in total. The molecule has 5 heteroatoms. The third kappa shape index (κ3) is 3.39. The highest BCUT2D eigenvalue weighted by Gasteiger charge is 2.24. The van der Waals surface area contributed by atoms with Gasteiger partial charge in [0.1, 0.15) is 0 Å². The number of hydrogen-bond donors (Lipinski definition) is 4. The minimum atomic E-state index is -3.31. The van der Waals surface area contributed by atoms with E-state index in [0.717, 1.165) is 12.8 Å². The maximum absolute atomic E-state index is 10.00. The third-order valence-corrected chi connectivity index (χ3v) is 4.16. The highest BCUT2D eigenvalue weighted by Crippen LogP contribution is 2.49. The van der Waals surface area contributed by atoms with Crippen LogP contribution in [0.15, 0.2) is 35.2 Å². The fourth-order valence-electron chi connectivity index (χ4n) is 1.37. The van der Waals surface area contributed by atoms with Crippen LogP contribution in [-0.2, 0) is 0 Å². The average molecular weight is 254 g/mol. The summed E-state index contributed by atoms with van der Waals surface area (Å²) in [5.41, 5.74) is 0.00991. The molecule has 0 atom stereocenters. The van der Waals surface area contributed by atoms with Gasteiger partial charge in [0.15, 0.2) is 5.04 Å². The molecule has 0 bridgehead atoms. The van der Waals surface area contributed by atoms with E-state index in [2.05, 4.69) is 0 Å². The van der Waals surface area contributed by atoms with Crippen molar-refractivity contribution < 1.29 is 9.11 Å². The summed E-state index contributed by atoms with van der Waals surface area (Å²) < 4.78 is 20.0. The van der Waals surface area contributed by atoms with Gasteiger partial charge in [0, 0.05) is 0 Å². The summed E-state index contributed by atoms with van der Waals surface area (Å²) in [7, 11) is -3.31. The quantitative estimate of drug-likeness (QED) is 0.473. The predicted octanol–water partition coefficient (Wildman–Crippen LogP) is 3.98. The van der Waals surface area contributed by atoms with Gasteiger partial charge in [-0.2, -0.15) is 0 Å². The first-order chi connectivity index (χ1) is 8.00. The third-order valence-electron chi connectivity index (χ3n) is 2.41. The van der Waals surface area contributed by atoms with E-state index in [4.69, 9.17) is 10.8 Å². The molecule has 94 valence electrons. The average Bonchev–Trinajstić information content (AvgIpc) is 2.36. The lowest BCUT2D eigenvalue weighted by molar-refractivity contribution is 0.504. The van der Waals surface area contributed by atoms with E-state index in [0.29, 0.717) is 11.3 Å². The first kappa shape index (κ1) is 13.9. The summed E-state index contributed by atoms with van der Waals surface area (Å²) in [6, 6.07) is 8.28. The molecule has 1 aromatic rings. The molecular weight excluding hydrogens is 236 g/mol. The van der Waals surface area contributed by atoms with Crippen molar-refractivity contribution in [1.82, 2.24) is 0 Å². The van der Waals surface area contributed by atoms with Gasteiger partial charge in [-0.05, 0) is 25.0 Å². The number of unbranched alkanes of at least 4 members (excludes halogenated alkanes) is 1. The van der Waals surface area contributed by atoms with Gasteiger partial charge in [-0.3, -0.25) is 14.5 Å². The summed E-state index contributed by atoms with van der Waals surface area (Å²) in [4.78, 5) is 0.297. The van der Waals surface area contributed by atoms with Crippen LogP contribution in [0.2, 0.25) is 0 Å². The van der Waals surface area contributed by atoms with Crippen molar-refractivity contribution in [2.45, 2.75) is 31.1 Å². The maximum Gasteiger partial charge on any atom is 0.165 e. The predicted molar refractivity (Wildman–Crippen MR) is 72.5 cm³/mol. The van der Waals surface area contributed by atoms with Gasteiger partial charge in [0.05, 0.1) is 10.6 Å². The molecule has 1 aromatic carbocycles. The highest BCUT2D eigenvalue weighted by atomic mass is 32.3. The Labute approximate surface area is 103 Å². The lowest BCUT2D eigenvalue weighted by atomic mass is 10.2. The Balaban J connectivity index is 2.84. The molecule has 0 aliphatic carbocycles. The van der Waals surface area contributed by atoms with Crippen LogP contribution in [0.25, 0.3) is 0 Å². The first-order valence-corrected chi connectivity index (χ1v) is 7.04. The topological polar surface area (TPSA) is 88.2 Å². The number of rotatable bonds is 5. The van der Waals surface area contributed by atoms with E-state index in [1.807, 2.05) is 6.92 Å². The SMILES string of the molecule is CCCCC(=N)C(=N)S(O)(O)c1ccccc1. The number of hydrogen-bond acceptors (Lipinski definition) is 4. The van der Waals surface area contributed by atoms with Crippen molar-refractivity contribution in [3.63, 3.8) is 0 Å². The van der Waals surface area contributed by atoms with E-state index in [9.17, 15) is 9.11 Å². The van der Waals surface area contributed by atoms with E-state index >= 15 is 0 Å². The van der Waals surface area contributed by atoms with Crippen LogP contribution < -0.4 is 0 Å². The van der Waals surface area contributed by atoms with Crippen LogP contribution in [0.3, 0.4) is 0 Å². The van der Waals surface area contributed by atoms with Gasteiger partial charge in [-0.25, -0.2) is 0 Å². The molecule has 0 spiro atoms. The van der Waals surface area contributed by atoms with Crippen LogP contribution in [0.4, 0.5) is 0 Å². The summed E-state index contributed by atoms with van der Waals surface area (Å²) in [5.74, 6) is 0. The van der Waals surface area contributed by atoms with Gasteiger partial charge < -0.3 is 5.41 Å². The van der Waals surface area contributed by atoms with Crippen LogP contribution in [0.5, 0.6) is 0 Å². The molecule has 0 heterocycles. The molecule has 0 fully saturated rings. The highest BCUT2D eigenvalue weighted by molar-refractivity contribution is 8.38. The Morgan fingerprint density at radius 2 is 1.76 bits per heavy atom. The summed E-state index contributed by atoms with van der Waals surface area (Å²) in [5, 5.41) is 15.0. The van der Waals surface area contributed by atoms with Crippen LogP contribution in [-0.4, -0.2) is 19.9 Å². The second kappa shape index (κ2) is 5.95. The molecule has 17 heavy (non-hydrogen) atoms. The van der Waals surface area contributed by atoms with Crippen LogP contribution in [0.1, 0.15) is 26.2 Å². The first-order valence-electron chi connectivity index (χ1n) is 5.49. The minimum Gasteiger partial charge on any atom is -0.302 e. The zero-order chi connectivity index (χ0) is 12.9. The van der Waals surface area contributed by atoms with Gasteiger partial charge in [-0.1, -0.05) is 31.5 Å². The molecule has 0 aromatic heterocycles. The zero-order valence-corrected chi connectivity index (χ0v) is 10.6. The molecule has 0 unspecified atom stereocenters. The largest absolute Gasteiger partial charge is 0.302 e. The molecule has 0 aliphatic rings.